The van der Waals surface area contributed by atoms with Crippen LogP contribution < -0.4 is 5.73 Å². The minimum absolute atomic E-state index is 0.319. The van der Waals surface area contributed by atoms with E-state index in [4.69, 9.17) is 5.73 Å². The molecule has 3 rings (SSSR count). The van der Waals surface area contributed by atoms with E-state index in [0.717, 1.165) is 6.54 Å². The maximum Gasteiger partial charge on any atom is 0.0354 e. The molecule has 21 heavy (non-hydrogen) atoms. The van der Waals surface area contributed by atoms with Crippen molar-refractivity contribution in [2.24, 2.45) is 11.7 Å². The third kappa shape index (κ3) is 2.76. The maximum absolute atomic E-state index is 5.95. The van der Waals surface area contributed by atoms with Crippen LogP contribution in [0, 0.1) is 5.92 Å². The van der Waals surface area contributed by atoms with Crippen molar-refractivity contribution in [2.45, 2.75) is 64.0 Å². The first-order chi connectivity index (χ1) is 10.0. The topological polar surface area (TPSA) is 29.3 Å². The lowest BCUT2D eigenvalue weighted by Crippen LogP contribution is -2.47. The summed E-state index contributed by atoms with van der Waals surface area (Å²) in [7, 11) is 0. The molecule has 0 amide bonds. The van der Waals surface area contributed by atoms with E-state index in [0.29, 0.717) is 23.4 Å². The third-order valence-electron chi connectivity index (χ3n) is 5.85. The molecule has 0 aromatic heterocycles. The molecule has 0 saturated carbocycles. The summed E-state index contributed by atoms with van der Waals surface area (Å²) in [4.78, 5) is 2.75. The van der Waals surface area contributed by atoms with Gasteiger partial charge in [-0.15, -0.1) is 0 Å². The molecular formula is C19H30N2. The van der Waals surface area contributed by atoms with Gasteiger partial charge in [-0.3, -0.25) is 4.90 Å². The van der Waals surface area contributed by atoms with Gasteiger partial charge in [-0.2, -0.15) is 0 Å². The van der Waals surface area contributed by atoms with Crippen LogP contribution in [0.2, 0.25) is 0 Å². The molecule has 1 fully saturated rings. The summed E-state index contributed by atoms with van der Waals surface area (Å²) >= 11 is 0. The van der Waals surface area contributed by atoms with Crippen molar-refractivity contribution in [2.75, 3.05) is 13.1 Å². The Hall–Kier alpha value is -0.860. The molecule has 1 saturated heterocycles. The van der Waals surface area contributed by atoms with E-state index in [1.807, 2.05) is 0 Å². The Bertz CT molecular complexity index is 494. The lowest BCUT2D eigenvalue weighted by molar-refractivity contribution is 0.0593. The number of piperidine rings is 1. The molecule has 2 nitrogen and oxygen atoms in total. The predicted octanol–water partition coefficient (Wildman–Crippen LogP) is 3.86. The first kappa shape index (κ1) is 15.1. The van der Waals surface area contributed by atoms with Crippen molar-refractivity contribution in [3.8, 4) is 0 Å². The quantitative estimate of drug-likeness (QED) is 0.894. The fourth-order valence-electron chi connectivity index (χ4n) is 4.38. The molecule has 1 heterocycles. The van der Waals surface area contributed by atoms with Crippen molar-refractivity contribution in [3.05, 3.63) is 35.4 Å². The number of benzene rings is 1. The van der Waals surface area contributed by atoms with Gasteiger partial charge >= 0.3 is 0 Å². The molecule has 1 aliphatic heterocycles. The van der Waals surface area contributed by atoms with E-state index in [9.17, 15) is 0 Å². The normalized spacial score (nSPS) is 32.7. The summed E-state index contributed by atoms with van der Waals surface area (Å²) in [6.07, 6.45) is 5.16. The van der Waals surface area contributed by atoms with Crippen molar-refractivity contribution >= 4 is 0 Å². The van der Waals surface area contributed by atoms with Crippen molar-refractivity contribution in [1.29, 1.82) is 0 Å². The van der Waals surface area contributed by atoms with Gasteiger partial charge in [0.2, 0.25) is 0 Å². The number of fused-ring (bicyclic) bond motifs is 1. The molecule has 2 heteroatoms. The van der Waals surface area contributed by atoms with Crippen LogP contribution in [-0.4, -0.2) is 24.0 Å². The number of nitrogens with two attached hydrogens (primary N) is 1. The van der Waals surface area contributed by atoms with Gasteiger partial charge in [-0.05, 0) is 61.6 Å². The molecule has 3 unspecified atom stereocenters. The fourth-order valence-corrected chi connectivity index (χ4v) is 4.38. The molecule has 1 aromatic rings. The molecule has 1 aliphatic carbocycles. The highest BCUT2D eigenvalue weighted by molar-refractivity contribution is 5.38. The summed E-state index contributed by atoms with van der Waals surface area (Å²) in [5.41, 5.74) is 9.40. The standard InChI is InChI=1S/C19H30N2/c1-14-8-9-15(12-20)13-21(14)18-10-11-19(2,3)17-7-5-4-6-16(17)18/h4-7,14-15,18H,8-13,20H2,1-3H3. The summed E-state index contributed by atoms with van der Waals surface area (Å²) in [5, 5.41) is 0. The van der Waals surface area contributed by atoms with E-state index >= 15 is 0 Å². The monoisotopic (exact) mass is 286 g/mol. The second-order valence-electron chi connectivity index (χ2n) is 7.75. The van der Waals surface area contributed by atoms with Crippen LogP contribution in [0.3, 0.4) is 0 Å². The van der Waals surface area contributed by atoms with Crippen LogP contribution in [0.25, 0.3) is 0 Å². The van der Waals surface area contributed by atoms with E-state index < -0.39 is 0 Å². The molecule has 0 spiro atoms. The van der Waals surface area contributed by atoms with Crippen molar-refractivity contribution in [1.82, 2.24) is 4.90 Å². The van der Waals surface area contributed by atoms with Gasteiger partial charge in [0.25, 0.3) is 0 Å². The zero-order valence-corrected chi connectivity index (χ0v) is 13.8. The maximum atomic E-state index is 5.95. The fraction of sp³-hybridized carbons (Fsp3) is 0.684. The minimum atomic E-state index is 0.319. The summed E-state index contributed by atoms with van der Waals surface area (Å²) < 4.78 is 0. The van der Waals surface area contributed by atoms with Crippen molar-refractivity contribution < 1.29 is 0 Å². The van der Waals surface area contributed by atoms with Gasteiger partial charge in [-0.1, -0.05) is 38.1 Å². The molecular weight excluding hydrogens is 256 g/mol. The number of hydrogen-bond acceptors (Lipinski definition) is 2. The second kappa shape index (κ2) is 5.73. The summed E-state index contributed by atoms with van der Waals surface area (Å²) in [6.45, 7) is 9.20. The Kier molecular flexibility index (Phi) is 4.11. The Morgan fingerprint density at radius 3 is 2.71 bits per heavy atom. The third-order valence-corrected chi connectivity index (χ3v) is 5.85. The Morgan fingerprint density at radius 1 is 1.19 bits per heavy atom. The number of nitrogens with zero attached hydrogens (tertiary/aromatic N) is 1. The van der Waals surface area contributed by atoms with Gasteiger partial charge in [0.05, 0.1) is 0 Å². The Balaban J connectivity index is 1.92. The first-order valence-electron chi connectivity index (χ1n) is 8.58. The number of rotatable bonds is 2. The lowest BCUT2D eigenvalue weighted by Gasteiger charge is -2.47. The summed E-state index contributed by atoms with van der Waals surface area (Å²) in [6, 6.07) is 10.4. The zero-order valence-electron chi connectivity index (χ0n) is 13.8. The second-order valence-corrected chi connectivity index (χ2v) is 7.75. The van der Waals surface area contributed by atoms with Crippen LogP contribution in [0.1, 0.15) is 63.6 Å². The lowest BCUT2D eigenvalue weighted by atomic mass is 9.70. The smallest absolute Gasteiger partial charge is 0.0354 e. The van der Waals surface area contributed by atoms with E-state index in [1.54, 1.807) is 11.1 Å². The SMILES string of the molecule is CC1CCC(CN)CN1C1CCC(C)(C)c2ccccc21. The highest BCUT2D eigenvalue weighted by Gasteiger charge is 2.38. The van der Waals surface area contributed by atoms with Crippen LogP contribution >= 0.6 is 0 Å². The average Bonchev–Trinajstić information content (AvgIpc) is 2.49. The van der Waals surface area contributed by atoms with Crippen LogP contribution in [0.15, 0.2) is 24.3 Å². The molecule has 2 aliphatic rings. The van der Waals surface area contributed by atoms with Crippen LogP contribution in [0.5, 0.6) is 0 Å². The Morgan fingerprint density at radius 2 is 1.95 bits per heavy atom. The summed E-state index contributed by atoms with van der Waals surface area (Å²) in [5.74, 6) is 0.684. The molecule has 116 valence electrons. The largest absolute Gasteiger partial charge is 0.330 e. The van der Waals surface area contributed by atoms with Gasteiger partial charge in [-0.25, -0.2) is 0 Å². The van der Waals surface area contributed by atoms with Crippen LogP contribution in [-0.2, 0) is 5.41 Å². The van der Waals surface area contributed by atoms with Crippen LogP contribution in [0.4, 0.5) is 0 Å². The minimum Gasteiger partial charge on any atom is -0.330 e. The van der Waals surface area contributed by atoms with Gasteiger partial charge < -0.3 is 5.73 Å². The average molecular weight is 286 g/mol. The molecule has 3 atom stereocenters. The number of hydrogen-bond donors (Lipinski definition) is 1. The van der Waals surface area contributed by atoms with Crippen molar-refractivity contribution in [3.63, 3.8) is 0 Å². The van der Waals surface area contributed by atoms with E-state index in [1.165, 1.54) is 32.2 Å². The van der Waals surface area contributed by atoms with E-state index in [2.05, 4.69) is 49.9 Å². The van der Waals surface area contributed by atoms with Gasteiger partial charge in [0.15, 0.2) is 0 Å². The molecule has 2 N–H and O–H groups in total. The zero-order chi connectivity index (χ0) is 15.0. The van der Waals surface area contributed by atoms with E-state index in [-0.39, 0.29) is 0 Å². The first-order valence-corrected chi connectivity index (χ1v) is 8.58. The predicted molar refractivity (Wildman–Crippen MR) is 89.4 cm³/mol. The highest BCUT2D eigenvalue weighted by atomic mass is 15.2. The Labute approximate surface area is 129 Å². The highest BCUT2D eigenvalue weighted by Crippen LogP contribution is 2.45. The molecule has 1 aromatic carbocycles. The number of likely N-dealkylation sites (tertiary alicyclic amines) is 1. The molecule has 0 radical (unpaired) electrons. The molecule has 0 bridgehead atoms. The van der Waals surface area contributed by atoms with Gasteiger partial charge in [0.1, 0.15) is 0 Å². The van der Waals surface area contributed by atoms with Gasteiger partial charge in [0, 0.05) is 18.6 Å².